The fourth-order valence-corrected chi connectivity index (χ4v) is 3.47. The van der Waals surface area contributed by atoms with Gasteiger partial charge in [0, 0.05) is 19.6 Å². The monoisotopic (exact) mass is 375 g/mol. The summed E-state index contributed by atoms with van der Waals surface area (Å²) in [5, 5.41) is 5.48. The molecule has 2 atom stereocenters. The molecule has 0 aromatic heterocycles. The molecule has 6 heteroatoms. The molecule has 2 amide bonds. The lowest BCUT2D eigenvalue weighted by Crippen LogP contribution is -2.49. The van der Waals surface area contributed by atoms with Crippen molar-refractivity contribution in [3.05, 3.63) is 35.4 Å². The van der Waals surface area contributed by atoms with E-state index in [0.29, 0.717) is 6.54 Å². The Kier molecular flexibility index (Phi) is 8.10. The molecule has 6 nitrogen and oxygen atoms in total. The molecule has 0 radical (unpaired) electrons. The second-order valence-corrected chi connectivity index (χ2v) is 7.87. The minimum absolute atomic E-state index is 0.0292. The van der Waals surface area contributed by atoms with E-state index in [0.717, 1.165) is 18.0 Å². The van der Waals surface area contributed by atoms with Gasteiger partial charge in [-0.05, 0) is 42.3 Å². The van der Waals surface area contributed by atoms with Gasteiger partial charge in [-0.1, -0.05) is 45.0 Å². The van der Waals surface area contributed by atoms with Gasteiger partial charge < -0.3 is 15.4 Å². The number of likely N-dealkylation sites (tertiary alicyclic amines) is 1. The quantitative estimate of drug-likeness (QED) is 0.769. The molecule has 2 rings (SSSR count). The summed E-state index contributed by atoms with van der Waals surface area (Å²) in [4.78, 5) is 26.3. The lowest BCUT2D eigenvalue weighted by molar-refractivity contribution is -0.124. The van der Waals surface area contributed by atoms with E-state index in [9.17, 15) is 9.59 Å². The first-order valence-electron chi connectivity index (χ1n) is 9.81. The van der Waals surface area contributed by atoms with Crippen molar-refractivity contribution in [1.82, 2.24) is 15.5 Å². The van der Waals surface area contributed by atoms with Crippen molar-refractivity contribution in [1.29, 1.82) is 0 Å². The number of amides is 2. The average Bonchev–Trinajstić information content (AvgIpc) is 2.64. The third-order valence-electron chi connectivity index (χ3n) is 5.04. The van der Waals surface area contributed by atoms with Crippen LogP contribution < -0.4 is 10.6 Å². The lowest BCUT2D eigenvalue weighted by atomic mass is 9.99. The van der Waals surface area contributed by atoms with Gasteiger partial charge in [0.25, 0.3) is 0 Å². The average molecular weight is 376 g/mol. The number of carbonyl (C=O) groups excluding carboxylic acids is 2. The van der Waals surface area contributed by atoms with Gasteiger partial charge in [-0.25, -0.2) is 4.79 Å². The Labute approximate surface area is 162 Å². The number of nitrogens with one attached hydrogen (secondary N) is 2. The molecule has 1 aromatic carbocycles. The first-order valence-corrected chi connectivity index (χ1v) is 9.81. The molecule has 0 spiro atoms. The summed E-state index contributed by atoms with van der Waals surface area (Å²) in [5.41, 5.74) is 2.34. The van der Waals surface area contributed by atoms with Crippen LogP contribution in [-0.4, -0.2) is 43.1 Å². The van der Waals surface area contributed by atoms with Crippen LogP contribution in [0.25, 0.3) is 0 Å². The zero-order valence-electron chi connectivity index (χ0n) is 17.0. The number of hydrogen-bond acceptors (Lipinski definition) is 4. The van der Waals surface area contributed by atoms with E-state index in [4.69, 9.17) is 0 Å². The number of rotatable bonds is 7. The molecule has 1 aromatic rings. The Hall–Kier alpha value is -2.08. The number of ether oxygens (including phenoxy) is 1. The van der Waals surface area contributed by atoms with E-state index >= 15 is 0 Å². The van der Waals surface area contributed by atoms with Crippen LogP contribution in [0.15, 0.2) is 24.3 Å². The maximum atomic E-state index is 12.4. The Bertz CT molecular complexity index is 616. The third kappa shape index (κ3) is 6.86. The van der Waals surface area contributed by atoms with E-state index in [-0.39, 0.29) is 11.8 Å². The number of nitrogens with zero attached hydrogens (tertiary/aromatic N) is 1. The summed E-state index contributed by atoms with van der Waals surface area (Å²) in [6.07, 6.45) is 2.01. The van der Waals surface area contributed by atoms with Gasteiger partial charge in [0.1, 0.15) is 6.04 Å². The molecule has 150 valence electrons. The molecule has 1 aliphatic rings. The second-order valence-electron chi connectivity index (χ2n) is 7.87. The molecular weight excluding hydrogens is 342 g/mol. The Morgan fingerprint density at radius 3 is 2.48 bits per heavy atom. The third-order valence-corrected chi connectivity index (χ3v) is 5.04. The molecule has 0 saturated carbocycles. The maximum absolute atomic E-state index is 12.4. The van der Waals surface area contributed by atoms with Crippen LogP contribution >= 0.6 is 0 Å². The van der Waals surface area contributed by atoms with Crippen molar-refractivity contribution in [3.63, 3.8) is 0 Å². The van der Waals surface area contributed by atoms with Crippen LogP contribution in [0.1, 0.15) is 44.7 Å². The highest BCUT2D eigenvalue weighted by Gasteiger charge is 2.24. The molecule has 1 heterocycles. The highest BCUT2D eigenvalue weighted by molar-refractivity contribution is 5.85. The smallest absolute Gasteiger partial charge is 0.407 e. The zero-order valence-corrected chi connectivity index (χ0v) is 17.0. The predicted molar refractivity (Wildman–Crippen MR) is 106 cm³/mol. The van der Waals surface area contributed by atoms with Gasteiger partial charge in [-0.3, -0.25) is 9.69 Å². The first kappa shape index (κ1) is 21.2. The number of hydrogen-bond donors (Lipinski definition) is 2. The number of piperidine rings is 1. The van der Waals surface area contributed by atoms with E-state index in [1.807, 2.05) is 13.8 Å². The number of carbonyl (C=O) groups is 2. The lowest BCUT2D eigenvalue weighted by Gasteiger charge is -2.30. The summed E-state index contributed by atoms with van der Waals surface area (Å²) in [5.74, 6) is 0.543. The van der Waals surface area contributed by atoms with Crippen LogP contribution in [0.2, 0.25) is 0 Å². The summed E-state index contributed by atoms with van der Waals surface area (Å²) in [6.45, 7) is 9.85. The minimum atomic E-state index is -0.613. The van der Waals surface area contributed by atoms with Crippen molar-refractivity contribution in [2.24, 2.45) is 11.8 Å². The fourth-order valence-electron chi connectivity index (χ4n) is 3.47. The van der Waals surface area contributed by atoms with Crippen LogP contribution in [0.3, 0.4) is 0 Å². The second kappa shape index (κ2) is 10.3. The van der Waals surface area contributed by atoms with Crippen LogP contribution in [0, 0.1) is 11.8 Å². The number of methoxy groups -OCH3 is 1. The zero-order chi connectivity index (χ0) is 19.8. The number of alkyl carbamates (subject to hydrolysis) is 1. The van der Waals surface area contributed by atoms with Crippen molar-refractivity contribution < 1.29 is 14.3 Å². The Morgan fingerprint density at radius 2 is 1.89 bits per heavy atom. The predicted octanol–water partition coefficient (Wildman–Crippen LogP) is 2.92. The van der Waals surface area contributed by atoms with Crippen molar-refractivity contribution >= 4 is 12.0 Å². The largest absolute Gasteiger partial charge is 0.453 e. The topological polar surface area (TPSA) is 70.7 Å². The number of benzene rings is 1. The maximum Gasteiger partial charge on any atom is 0.407 e. The van der Waals surface area contributed by atoms with E-state index in [1.165, 1.54) is 38.6 Å². The van der Waals surface area contributed by atoms with Crippen LogP contribution in [0.4, 0.5) is 4.79 Å². The van der Waals surface area contributed by atoms with Gasteiger partial charge in [-0.2, -0.15) is 0 Å². The molecule has 27 heavy (non-hydrogen) atoms. The molecule has 2 N–H and O–H groups in total. The molecular formula is C21H33N3O3. The van der Waals surface area contributed by atoms with Crippen LogP contribution in [-0.2, 0) is 22.6 Å². The van der Waals surface area contributed by atoms with Crippen molar-refractivity contribution in [2.45, 2.75) is 52.7 Å². The standard InChI is InChI=1S/C21H33N3O3/c1-15(2)19(23-21(26)27-4)20(25)22-12-17-7-9-18(10-8-17)14-24-11-5-6-16(3)13-24/h7-10,15-16,19H,5-6,11-14H2,1-4H3,(H,22,25)(H,23,26)/t16?,19-/m0/s1. The van der Waals surface area contributed by atoms with Crippen molar-refractivity contribution in [2.75, 3.05) is 20.2 Å². The molecule has 1 aliphatic heterocycles. The molecule has 0 aliphatic carbocycles. The summed E-state index contributed by atoms with van der Waals surface area (Å²) in [6, 6.07) is 7.76. The van der Waals surface area contributed by atoms with E-state index in [1.54, 1.807) is 0 Å². The first-order chi connectivity index (χ1) is 12.9. The molecule has 1 fully saturated rings. The Balaban J connectivity index is 1.84. The summed E-state index contributed by atoms with van der Waals surface area (Å²) >= 11 is 0. The van der Waals surface area contributed by atoms with E-state index < -0.39 is 12.1 Å². The van der Waals surface area contributed by atoms with E-state index in [2.05, 4.69) is 51.5 Å². The van der Waals surface area contributed by atoms with Gasteiger partial charge in [-0.15, -0.1) is 0 Å². The van der Waals surface area contributed by atoms with Gasteiger partial charge >= 0.3 is 6.09 Å². The SMILES string of the molecule is COC(=O)N[C@H](C(=O)NCc1ccc(CN2CCCC(C)C2)cc1)C(C)C. The van der Waals surface area contributed by atoms with Gasteiger partial charge in [0.2, 0.25) is 5.91 Å². The van der Waals surface area contributed by atoms with Gasteiger partial charge in [0.15, 0.2) is 0 Å². The van der Waals surface area contributed by atoms with Gasteiger partial charge in [0.05, 0.1) is 7.11 Å². The molecule has 1 unspecified atom stereocenters. The highest BCUT2D eigenvalue weighted by atomic mass is 16.5. The molecule has 1 saturated heterocycles. The highest BCUT2D eigenvalue weighted by Crippen LogP contribution is 2.18. The molecule has 0 bridgehead atoms. The minimum Gasteiger partial charge on any atom is -0.453 e. The fraction of sp³-hybridized carbons (Fsp3) is 0.619. The Morgan fingerprint density at radius 1 is 1.22 bits per heavy atom. The summed E-state index contributed by atoms with van der Waals surface area (Å²) < 4.78 is 4.59. The normalized spacial score (nSPS) is 18.8. The summed E-state index contributed by atoms with van der Waals surface area (Å²) in [7, 11) is 1.29. The van der Waals surface area contributed by atoms with Crippen LogP contribution in [0.5, 0.6) is 0 Å². The van der Waals surface area contributed by atoms with Crippen molar-refractivity contribution in [3.8, 4) is 0 Å².